The Morgan fingerprint density at radius 3 is 2.09 bits per heavy atom. The summed E-state index contributed by atoms with van der Waals surface area (Å²) in [5, 5.41) is 17.4. The summed E-state index contributed by atoms with van der Waals surface area (Å²) in [6.07, 6.45) is 0.885. The fraction of sp³-hybridized carbons (Fsp3) is 0.423. The van der Waals surface area contributed by atoms with Crippen molar-refractivity contribution in [2.45, 2.75) is 62.7 Å². The topological polar surface area (TPSA) is 317 Å². The van der Waals surface area contributed by atoms with E-state index in [4.69, 9.17) is 28.7 Å². The predicted molar refractivity (Wildman–Crippen MR) is 156 cm³/mol. The molecule has 1 aromatic heterocycles. The molecule has 234 valence electrons. The lowest BCUT2D eigenvalue weighted by atomic mass is 10.0. The molecular formula is C26H38N10O7. The molecule has 2 aromatic rings. The Bertz CT molecular complexity index is 1350. The first-order chi connectivity index (χ1) is 20.3. The zero-order valence-electron chi connectivity index (χ0n) is 23.4. The van der Waals surface area contributed by atoms with Crippen molar-refractivity contribution in [1.82, 2.24) is 20.9 Å². The number of nitrogens with one attached hydrogen (secondary N) is 4. The van der Waals surface area contributed by atoms with E-state index >= 15 is 0 Å². The summed E-state index contributed by atoms with van der Waals surface area (Å²) in [7, 11) is 0. The molecule has 0 aliphatic rings. The summed E-state index contributed by atoms with van der Waals surface area (Å²) in [6, 6.07) is 1.86. The summed E-state index contributed by atoms with van der Waals surface area (Å²) < 4.78 is 0. The molecule has 0 saturated carbocycles. The van der Waals surface area contributed by atoms with Crippen LogP contribution in [0.2, 0.25) is 0 Å². The molecule has 17 heteroatoms. The van der Waals surface area contributed by atoms with Gasteiger partial charge in [0.05, 0.1) is 12.5 Å². The highest BCUT2D eigenvalue weighted by Crippen LogP contribution is 2.19. The minimum atomic E-state index is -1.68. The third-order valence-corrected chi connectivity index (χ3v) is 6.37. The number of hydrogen-bond donors (Lipinski definition) is 10. The molecule has 1 aromatic carbocycles. The van der Waals surface area contributed by atoms with E-state index in [1.165, 1.54) is 0 Å². The third kappa shape index (κ3) is 11.3. The molecule has 1 heterocycles. The van der Waals surface area contributed by atoms with Gasteiger partial charge in [0, 0.05) is 36.5 Å². The first-order valence-corrected chi connectivity index (χ1v) is 13.3. The molecule has 4 atom stereocenters. The highest BCUT2D eigenvalue weighted by atomic mass is 16.4. The molecule has 0 saturated heterocycles. The van der Waals surface area contributed by atoms with Crippen LogP contribution in [-0.4, -0.2) is 82.3 Å². The number of amides is 5. The lowest BCUT2D eigenvalue weighted by molar-refractivity contribution is -0.144. The number of carbonyl (C=O) groups is 6. The number of rotatable bonds is 18. The minimum absolute atomic E-state index is 0.0219. The highest BCUT2D eigenvalue weighted by Gasteiger charge is 2.31. The Kier molecular flexibility index (Phi) is 12.9. The van der Waals surface area contributed by atoms with Crippen molar-refractivity contribution in [1.29, 1.82) is 0 Å². The van der Waals surface area contributed by atoms with Crippen molar-refractivity contribution >= 4 is 52.4 Å². The summed E-state index contributed by atoms with van der Waals surface area (Å²) in [5.41, 5.74) is 28.4. The summed E-state index contributed by atoms with van der Waals surface area (Å²) >= 11 is 0. The number of nitrogens with two attached hydrogens (primary N) is 5. The Labute approximate surface area is 246 Å². The predicted octanol–water partition coefficient (Wildman–Crippen LogP) is -3.23. The Morgan fingerprint density at radius 1 is 0.837 bits per heavy atom. The molecular weight excluding hydrogens is 564 g/mol. The van der Waals surface area contributed by atoms with Crippen molar-refractivity contribution in [3.05, 3.63) is 36.0 Å². The third-order valence-electron chi connectivity index (χ3n) is 6.37. The minimum Gasteiger partial charge on any atom is -0.480 e. The van der Waals surface area contributed by atoms with E-state index in [0.29, 0.717) is 12.0 Å². The van der Waals surface area contributed by atoms with Crippen LogP contribution in [0.5, 0.6) is 0 Å². The fourth-order valence-electron chi connectivity index (χ4n) is 4.16. The second-order valence-electron chi connectivity index (χ2n) is 9.82. The maximum absolute atomic E-state index is 13.5. The number of carboxylic acid groups (broad SMARTS) is 1. The molecule has 5 amide bonds. The van der Waals surface area contributed by atoms with Gasteiger partial charge in [-0.1, -0.05) is 18.2 Å². The number of aromatic nitrogens is 1. The van der Waals surface area contributed by atoms with Crippen LogP contribution in [0.3, 0.4) is 0 Å². The van der Waals surface area contributed by atoms with Gasteiger partial charge >= 0.3 is 5.97 Å². The van der Waals surface area contributed by atoms with E-state index in [-0.39, 0.29) is 38.2 Å². The van der Waals surface area contributed by atoms with Crippen LogP contribution in [0.4, 0.5) is 0 Å². The fourth-order valence-corrected chi connectivity index (χ4v) is 4.16. The van der Waals surface area contributed by atoms with Crippen molar-refractivity contribution in [2.24, 2.45) is 33.7 Å². The van der Waals surface area contributed by atoms with Gasteiger partial charge in [0.15, 0.2) is 5.96 Å². The Hall–Kier alpha value is -5.19. The number of aliphatic carboxylic acids is 1. The smallest absolute Gasteiger partial charge is 0.326 e. The van der Waals surface area contributed by atoms with Crippen LogP contribution in [0.1, 0.15) is 37.7 Å². The van der Waals surface area contributed by atoms with Crippen molar-refractivity contribution in [3.8, 4) is 0 Å². The maximum Gasteiger partial charge on any atom is 0.326 e. The van der Waals surface area contributed by atoms with E-state index in [9.17, 15) is 33.9 Å². The standard InChI is InChI=1S/C26H38N10O7/c27-15(5-3-9-32-26(30)31)22(39)35-18(10-13-12-33-16-6-2-1-4-14(13)16)24(41)34-17(7-8-20(28)37)23(40)36-19(25(42)43)11-21(29)38/h1-2,4,6,12,15,17-19,33H,3,5,7-11,27H2,(H2,28,37)(H2,29,38)(H,34,41)(H,35,39)(H,36,40)(H,42,43)(H4,30,31,32). The quantitative estimate of drug-likeness (QED) is 0.0462. The van der Waals surface area contributed by atoms with Crippen molar-refractivity contribution in [2.75, 3.05) is 6.54 Å². The lowest BCUT2D eigenvalue weighted by Crippen LogP contribution is -2.58. The monoisotopic (exact) mass is 602 g/mol. The van der Waals surface area contributed by atoms with Crippen LogP contribution in [0.15, 0.2) is 35.5 Å². The highest BCUT2D eigenvalue weighted by molar-refractivity contribution is 5.95. The zero-order valence-corrected chi connectivity index (χ0v) is 23.4. The average Bonchev–Trinajstić information content (AvgIpc) is 3.34. The molecule has 0 fully saturated rings. The van der Waals surface area contributed by atoms with E-state index in [1.807, 2.05) is 18.2 Å². The van der Waals surface area contributed by atoms with Gasteiger partial charge < -0.3 is 54.7 Å². The molecule has 0 aliphatic carbocycles. The number of para-hydroxylation sites is 1. The van der Waals surface area contributed by atoms with Crippen LogP contribution in [-0.2, 0) is 35.2 Å². The number of hydrogen-bond acceptors (Lipinski definition) is 8. The molecule has 0 aliphatic heterocycles. The van der Waals surface area contributed by atoms with Gasteiger partial charge in [0.2, 0.25) is 29.5 Å². The van der Waals surface area contributed by atoms with E-state index < -0.39 is 66.1 Å². The Balaban J connectivity index is 2.29. The molecule has 2 rings (SSSR count). The number of carboxylic acids is 1. The number of fused-ring (bicyclic) bond motifs is 1. The van der Waals surface area contributed by atoms with Gasteiger partial charge in [-0.3, -0.25) is 29.0 Å². The maximum atomic E-state index is 13.5. The first-order valence-electron chi connectivity index (χ1n) is 13.3. The molecule has 0 spiro atoms. The van der Waals surface area contributed by atoms with E-state index in [2.05, 4.69) is 25.9 Å². The molecule has 4 unspecified atom stereocenters. The number of H-pyrrole nitrogens is 1. The first kappa shape index (κ1) is 34.0. The number of nitrogens with zero attached hydrogens (tertiary/aromatic N) is 1. The van der Waals surface area contributed by atoms with Gasteiger partial charge in [-0.15, -0.1) is 0 Å². The summed E-state index contributed by atoms with van der Waals surface area (Å²) in [4.78, 5) is 80.7. The number of aromatic amines is 1. The van der Waals surface area contributed by atoms with Gasteiger partial charge in [0.25, 0.3) is 0 Å². The van der Waals surface area contributed by atoms with Gasteiger partial charge in [-0.2, -0.15) is 0 Å². The molecule has 0 radical (unpaired) electrons. The average molecular weight is 603 g/mol. The second-order valence-corrected chi connectivity index (χ2v) is 9.82. The van der Waals surface area contributed by atoms with Crippen molar-refractivity contribution < 1.29 is 33.9 Å². The summed E-state index contributed by atoms with van der Waals surface area (Å²) in [5.74, 6) is -5.89. The normalized spacial score (nSPS) is 13.6. The molecule has 43 heavy (non-hydrogen) atoms. The zero-order chi connectivity index (χ0) is 32.1. The number of benzene rings is 1. The van der Waals surface area contributed by atoms with E-state index in [0.717, 1.165) is 10.9 Å². The SMILES string of the molecule is NC(=O)CCC(NC(=O)C(Cc1c[nH]c2ccccc12)NC(=O)C(N)CCCN=C(N)N)C(=O)NC(CC(N)=O)C(=O)O. The van der Waals surface area contributed by atoms with Crippen LogP contribution in [0.25, 0.3) is 10.9 Å². The van der Waals surface area contributed by atoms with Crippen LogP contribution >= 0.6 is 0 Å². The van der Waals surface area contributed by atoms with Gasteiger partial charge in [-0.25, -0.2) is 4.79 Å². The largest absolute Gasteiger partial charge is 0.480 e. The lowest BCUT2D eigenvalue weighted by Gasteiger charge is -2.25. The number of carbonyl (C=O) groups excluding carboxylic acids is 5. The van der Waals surface area contributed by atoms with Gasteiger partial charge in [-0.05, 0) is 30.9 Å². The number of primary amides is 2. The van der Waals surface area contributed by atoms with E-state index in [1.54, 1.807) is 12.3 Å². The Morgan fingerprint density at radius 2 is 1.47 bits per heavy atom. The number of aliphatic imine (C=N–C) groups is 1. The molecule has 0 bridgehead atoms. The second kappa shape index (κ2) is 16.3. The van der Waals surface area contributed by atoms with Crippen LogP contribution < -0.4 is 44.6 Å². The molecule has 15 N–H and O–H groups in total. The van der Waals surface area contributed by atoms with Crippen LogP contribution in [0, 0.1) is 0 Å². The summed E-state index contributed by atoms with van der Waals surface area (Å²) in [6.45, 7) is 0.242. The van der Waals surface area contributed by atoms with Gasteiger partial charge in [0.1, 0.15) is 18.1 Å². The van der Waals surface area contributed by atoms with Crippen molar-refractivity contribution in [3.63, 3.8) is 0 Å². The number of guanidine groups is 1. The molecule has 17 nitrogen and oxygen atoms in total.